The third-order valence-electron chi connectivity index (χ3n) is 14.2. The van der Waals surface area contributed by atoms with Crippen LogP contribution in [0.4, 0.5) is 0 Å². The number of unbranched alkanes of at least 4 members (excludes halogenated alkanes) is 42. The van der Waals surface area contributed by atoms with E-state index >= 15 is 0 Å². The van der Waals surface area contributed by atoms with Crippen molar-refractivity contribution in [2.75, 3.05) is 13.2 Å². The Kier molecular flexibility index (Phi) is 56.5. The summed E-state index contributed by atoms with van der Waals surface area (Å²) in [5.41, 5.74) is 0. The predicted molar refractivity (Wildman–Crippen MR) is 296 cm³/mol. The van der Waals surface area contributed by atoms with Crippen LogP contribution in [-0.2, 0) is 14.3 Å². The average Bonchev–Trinajstić information content (AvgIpc) is 3.34. The SMILES string of the molecule is CCCC/C=C\CCCCCCCC(=O)OCCCCCCCC/C=C\CCCCCCCCCC(=O)NC(CO)C(O)CCCCCCCCCCCCCCCCCCCCCCCCC. The van der Waals surface area contributed by atoms with Crippen molar-refractivity contribution in [1.29, 1.82) is 0 Å². The number of carbonyl (C=O) groups excluding carboxylic acids is 2. The molecule has 68 heavy (non-hydrogen) atoms. The lowest BCUT2D eigenvalue weighted by atomic mass is 10.0. The maximum absolute atomic E-state index is 12.5. The summed E-state index contributed by atoms with van der Waals surface area (Å²) in [5, 5.41) is 23.4. The lowest BCUT2D eigenvalue weighted by molar-refractivity contribution is -0.143. The molecule has 0 saturated carbocycles. The summed E-state index contributed by atoms with van der Waals surface area (Å²) in [5.74, 6) is -0.0563. The van der Waals surface area contributed by atoms with Crippen LogP contribution in [0.15, 0.2) is 24.3 Å². The van der Waals surface area contributed by atoms with Gasteiger partial charge in [0.25, 0.3) is 0 Å². The third-order valence-corrected chi connectivity index (χ3v) is 14.2. The Balaban J connectivity index is 3.46. The topological polar surface area (TPSA) is 95.9 Å². The Bertz CT molecular complexity index is 1060. The van der Waals surface area contributed by atoms with Gasteiger partial charge in [-0.15, -0.1) is 0 Å². The molecule has 6 heteroatoms. The van der Waals surface area contributed by atoms with Crippen LogP contribution in [0.3, 0.4) is 0 Å². The molecule has 0 spiro atoms. The molecule has 1 amide bonds. The molecule has 0 bridgehead atoms. The minimum atomic E-state index is -0.673. The number of amides is 1. The molecule has 0 rings (SSSR count). The molecular formula is C62H119NO5. The third kappa shape index (κ3) is 53.7. The van der Waals surface area contributed by atoms with Gasteiger partial charge in [0.15, 0.2) is 0 Å². The zero-order valence-corrected chi connectivity index (χ0v) is 45.9. The highest BCUT2D eigenvalue weighted by Crippen LogP contribution is 2.18. The molecule has 0 aliphatic rings. The lowest BCUT2D eigenvalue weighted by Gasteiger charge is -2.22. The number of carbonyl (C=O) groups is 2. The predicted octanol–water partition coefficient (Wildman–Crippen LogP) is 19.0. The van der Waals surface area contributed by atoms with Gasteiger partial charge in [-0.05, 0) is 70.6 Å². The Labute approximate surface area is 424 Å². The number of esters is 1. The van der Waals surface area contributed by atoms with Crippen molar-refractivity contribution in [3.05, 3.63) is 24.3 Å². The standard InChI is InChI=1S/C62H119NO5/c1-3-5-7-9-11-13-15-16-17-18-19-20-21-22-23-25-28-31-35-38-42-46-50-54-60(65)59(58-64)63-61(66)55-51-47-43-39-36-32-29-26-24-27-30-33-37-41-45-49-53-57-68-62(67)56-52-48-44-40-34-14-12-10-8-6-4-2/h10,12,24,27,59-60,64-65H,3-9,11,13-23,25-26,28-58H2,1-2H3,(H,63,66)/b12-10-,27-24-. The first-order valence-corrected chi connectivity index (χ1v) is 30.6. The molecule has 0 heterocycles. The first-order valence-electron chi connectivity index (χ1n) is 30.6. The number of hydrogen-bond acceptors (Lipinski definition) is 5. The smallest absolute Gasteiger partial charge is 0.305 e. The fourth-order valence-corrected chi connectivity index (χ4v) is 9.50. The first-order chi connectivity index (χ1) is 33.5. The van der Waals surface area contributed by atoms with E-state index in [1.54, 1.807) is 0 Å². The van der Waals surface area contributed by atoms with Gasteiger partial charge in [-0.1, -0.05) is 276 Å². The summed E-state index contributed by atoms with van der Waals surface area (Å²) in [6, 6.07) is -0.552. The van der Waals surface area contributed by atoms with Crippen LogP contribution < -0.4 is 5.32 Å². The lowest BCUT2D eigenvalue weighted by Crippen LogP contribution is -2.45. The van der Waals surface area contributed by atoms with Crippen molar-refractivity contribution in [3.63, 3.8) is 0 Å². The number of rotatable bonds is 57. The van der Waals surface area contributed by atoms with Crippen molar-refractivity contribution in [2.24, 2.45) is 0 Å². The molecule has 402 valence electrons. The molecule has 0 aliphatic carbocycles. The molecule has 3 N–H and O–H groups in total. The van der Waals surface area contributed by atoms with Gasteiger partial charge in [-0.3, -0.25) is 9.59 Å². The summed E-state index contributed by atoms with van der Waals surface area (Å²) in [4.78, 5) is 24.5. The van der Waals surface area contributed by atoms with Crippen molar-refractivity contribution in [2.45, 2.75) is 347 Å². The molecule has 2 unspecified atom stereocenters. The average molecular weight is 959 g/mol. The Morgan fingerprint density at radius 3 is 1.09 bits per heavy atom. The van der Waals surface area contributed by atoms with Gasteiger partial charge in [0.05, 0.1) is 25.4 Å². The molecule has 0 saturated heterocycles. The first kappa shape index (κ1) is 66.3. The number of aliphatic hydroxyl groups excluding tert-OH is 2. The molecule has 6 nitrogen and oxygen atoms in total. The fourth-order valence-electron chi connectivity index (χ4n) is 9.50. The monoisotopic (exact) mass is 958 g/mol. The van der Waals surface area contributed by atoms with Crippen LogP contribution in [0.25, 0.3) is 0 Å². The van der Waals surface area contributed by atoms with Crippen molar-refractivity contribution in [3.8, 4) is 0 Å². The van der Waals surface area contributed by atoms with E-state index in [2.05, 4.69) is 43.5 Å². The fraction of sp³-hybridized carbons (Fsp3) is 0.903. The van der Waals surface area contributed by atoms with Crippen molar-refractivity contribution < 1.29 is 24.5 Å². The number of ether oxygens (including phenoxy) is 1. The Morgan fingerprint density at radius 2 is 0.706 bits per heavy atom. The minimum absolute atomic E-state index is 0.0123. The summed E-state index contributed by atoms with van der Waals surface area (Å²) in [7, 11) is 0. The van der Waals surface area contributed by atoms with Crippen LogP contribution in [0.1, 0.15) is 335 Å². The van der Waals surface area contributed by atoms with E-state index in [0.717, 1.165) is 57.8 Å². The number of aliphatic hydroxyl groups is 2. The number of hydrogen-bond donors (Lipinski definition) is 3. The summed E-state index contributed by atoms with van der Waals surface area (Å²) >= 11 is 0. The van der Waals surface area contributed by atoms with Gasteiger partial charge in [0.2, 0.25) is 5.91 Å². The highest BCUT2D eigenvalue weighted by Gasteiger charge is 2.20. The Morgan fingerprint density at radius 1 is 0.397 bits per heavy atom. The van der Waals surface area contributed by atoms with Crippen LogP contribution in [0, 0.1) is 0 Å². The van der Waals surface area contributed by atoms with E-state index in [-0.39, 0.29) is 18.5 Å². The van der Waals surface area contributed by atoms with Gasteiger partial charge in [-0.25, -0.2) is 0 Å². The number of nitrogens with one attached hydrogen (secondary N) is 1. The van der Waals surface area contributed by atoms with Gasteiger partial charge in [0.1, 0.15) is 0 Å². The van der Waals surface area contributed by atoms with Crippen LogP contribution in [0.2, 0.25) is 0 Å². The van der Waals surface area contributed by atoms with Crippen LogP contribution in [0.5, 0.6) is 0 Å². The van der Waals surface area contributed by atoms with Crippen LogP contribution >= 0.6 is 0 Å². The van der Waals surface area contributed by atoms with Crippen molar-refractivity contribution >= 4 is 11.9 Å². The second-order valence-electron chi connectivity index (χ2n) is 21.0. The van der Waals surface area contributed by atoms with E-state index < -0.39 is 12.1 Å². The molecule has 0 aromatic heterocycles. The van der Waals surface area contributed by atoms with Gasteiger partial charge in [0, 0.05) is 12.8 Å². The molecule has 2 atom stereocenters. The molecular weight excluding hydrogens is 839 g/mol. The van der Waals surface area contributed by atoms with Gasteiger partial charge < -0.3 is 20.3 Å². The highest BCUT2D eigenvalue weighted by atomic mass is 16.5. The molecule has 0 aliphatic heterocycles. The zero-order valence-electron chi connectivity index (χ0n) is 45.9. The zero-order chi connectivity index (χ0) is 49.3. The van der Waals surface area contributed by atoms with E-state index in [0.29, 0.717) is 25.9 Å². The molecule has 0 aromatic carbocycles. The quantitative estimate of drug-likeness (QED) is 0.0321. The summed E-state index contributed by atoms with van der Waals surface area (Å²) < 4.78 is 5.45. The van der Waals surface area contributed by atoms with E-state index in [4.69, 9.17) is 4.74 Å². The largest absolute Gasteiger partial charge is 0.466 e. The number of allylic oxidation sites excluding steroid dienone is 4. The molecule has 0 aromatic rings. The Hall–Kier alpha value is -1.66. The van der Waals surface area contributed by atoms with Gasteiger partial charge >= 0.3 is 5.97 Å². The maximum Gasteiger partial charge on any atom is 0.305 e. The van der Waals surface area contributed by atoms with E-state index in [1.807, 2.05) is 0 Å². The van der Waals surface area contributed by atoms with Crippen LogP contribution in [-0.4, -0.2) is 47.4 Å². The highest BCUT2D eigenvalue weighted by molar-refractivity contribution is 5.76. The maximum atomic E-state index is 12.5. The van der Waals surface area contributed by atoms with Gasteiger partial charge in [-0.2, -0.15) is 0 Å². The minimum Gasteiger partial charge on any atom is -0.466 e. The summed E-state index contributed by atoms with van der Waals surface area (Å²) in [6.45, 7) is 4.91. The van der Waals surface area contributed by atoms with E-state index in [1.165, 1.54) is 244 Å². The van der Waals surface area contributed by atoms with Crippen molar-refractivity contribution in [1.82, 2.24) is 5.32 Å². The van der Waals surface area contributed by atoms with E-state index in [9.17, 15) is 19.8 Å². The second-order valence-corrected chi connectivity index (χ2v) is 21.0. The second kappa shape index (κ2) is 57.9. The summed E-state index contributed by atoms with van der Waals surface area (Å²) in [6.07, 6.45) is 70.4. The normalized spacial score (nSPS) is 12.7. The molecule has 0 radical (unpaired) electrons. The molecule has 0 fully saturated rings.